The van der Waals surface area contributed by atoms with Crippen molar-refractivity contribution in [2.75, 3.05) is 6.61 Å². The first-order valence-electron chi connectivity index (χ1n) is 15.2. The third-order valence-corrected chi connectivity index (χ3v) is 8.46. The van der Waals surface area contributed by atoms with Crippen molar-refractivity contribution < 1.29 is 28.9 Å². The van der Waals surface area contributed by atoms with Gasteiger partial charge in [0.1, 0.15) is 23.1 Å². The highest BCUT2D eigenvalue weighted by Gasteiger charge is 2.31. The summed E-state index contributed by atoms with van der Waals surface area (Å²) in [6.45, 7) is 10.6. The molecule has 0 unspecified atom stereocenters. The summed E-state index contributed by atoms with van der Waals surface area (Å²) in [6, 6.07) is 9.69. The fourth-order valence-corrected chi connectivity index (χ4v) is 5.57. The molecule has 1 aliphatic rings. The van der Waals surface area contributed by atoms with Crippen molar-refractivity contribution in [1.82, 2.24) is 9.88 Å². The molecule has 0 aliphatic heterocycles. The Morgan fingerprint density at radius 1 is 1.00 bits per heavy atom. The largest absolute Gasteiger partial charge is 0.490 e. The average molecular weight is 609 g/mol. The maximum Gasteiger partial charge on any atom is 0.254 e. The zero-order valence-electron chi connectivity index (χ0n) is 26.8. The van der Waals surface area contributed by atoms with Crippen molar-refractivity contribution in [1.29, 1.82) is 0 Å². The fourth-order valence-electron chi connectivity index (χ4n) is 5.57. The Labute approximate surface area is 258 Å². The maximum absolute atomic E-state index is 14.0. The molecule has 1 amide bonds. The van der Waals surface area contributed by atoms with Crippen molar-refractivity contribution in [2.24, 2.45) is 12.5 Å². The van der Waals surface area contributed by atoms with Gasteiger partial charge in [-0.1, -0.05) is 19.9 Å². The molecule has 1 saturated carbocycles. The van der Waals surface area contributed by atoms with Crippen LogP contribution in [0.4, 0.5) is 4.39 Å². The van der Waals surface area contributed by atoms with Gasteiger partial charge in [-0.2, -0.15) is 0 Å². The number of carbonyl (C=O) groups is 1. The highest BCUT2D eigenvalue weighted by Crippen LogP contribution is 2.42. The highest BCUT2D eigenvalue weighted by molar-refractivity contribution is 5.82. The van der Waals surface area contributed by atoms with Gasteiger partial charge in [0, 0.05) is 48.5 Å². The summed E-state index contributed by atoms with van der Waals surface area (Å²) in [4.78, 5) is 25.6. The minimum atomic E-state index is -1.15. The van der Waals surface area contributed by atoms with E-state index in [1.807, 2.05) is 19.9 Å². The molecule has 8 nitrogen and oxygen atoms in total. The van der Waals surface area contributed by atoms with Crippen LogP contribution < -0.4 is 20.3 Å². The lowest BCUT2D eigenvalue weighted by atomic mass is 9.86. The number of amides is 1. The second-order valence-corrected chi connectivity index (χ2v) is 13.2. The number of aromatic nitrogens is 1. The fraction of sp³-hybridized carbons (Fsp3) is 0.486. The normalized spacial score (nSPS) is 17.3. The number of benzene rings is 2. The van der Waals surface area contributed by atoms with Crippen LogP contribution in [0.1, 0.15) is 76.5 Å². The van der Waals surface area contributed by atoms with Crippen LogP contribution in [0.25, 0.3) is 11.1 Å². The third-order valence-electron chi connectivity index (χ3n) is 8.46. The number of nitrogens with zero attached hydrogens (tertiary/aromatic N) is 1. The zero-order valence-corrected chi connectivity index (χ0v) is 26.8. The number of carbonyl (C=O) groups excluding carboxylic acids is 1. The van der Waals surface area contributed by atoms with Crippen LogP contribution in [0.2, 0.25) is 0 Å². The van der Waals surface area contributed by atoms with E-state index in [4.69, 9.17) is 9.47 Å². The first kappa shape index (κ1) is 33.2. The maximum atomic E-state index is 14.0. The number of ether oxygens (including phenoxy) is 2. The Balaban J connectivity index is 1.66. The Morgan fingerprint density at radius 2 is 1.64 bits per heavy atom. The van der Waals surface area contributed by atoms with E-state index < -0.39 is 11.0 Å². The van der Waals surface area contributed by atoms with Crippen LogP contribution in [0, 0.1) is 25.1 Å². The number of aryl methyl sites for hydroxylation is 3. The predicted octanol–water partition coefficient (Wildman–Crippen LogP) is 6.04. The van der Waals surface area contributed by atoms with Crippen molar-refractivity contribution in [3.05, 3.63) is 75.5 Å². The van der Waals surface area contributed by atoms with Gasteiger partial charge in [-0.3, -0.25) is 9.59 Å². The van der Waals surface area contributed by atoms with Gasteiger partial charge in [0.05, 0.1) is 11.7 Å². The van der Waals surface area contributed by atoms with Crippen molar-refractivity contribution in [3.63, 3.8) is 0 Å². The molecule has 4 rings (SSSR count). The Hall–Kier alpha value is -3.69. The number of aliphatic hydroxyl groups excluding tert-OH is 1. The summed E-state index contributed by atoms with van der Waals surface area (Å²) < 4.78 is 28.4. The van der Waals surface area contributed by atoms with E-state index in [0.717, 1.165) is 12.8 Å². The van der Waals surface area contributed by atoms with E-state index in [1.165, 1.54) is 22.8 Å². The molecule has 1 aliphatic carbocycles. The second-order valence-electron chi connectivity index (χ2n) is 13.2. The smallest absolute Gasteiger partial charge is 0.254 e. The SMILES string of the molecule is Cc1cc(F)cc(C)c1Oc1ccc(C(C)(C)O)cc1-c1cn(C)c(=O)cc1O[C@H]1CC[C@H](NC(=O)C(C)(C)CCO)CC1. The molecule has 1 fully saturated rings. The lowest BCUT2D eigenvalue weighted by molar-refractivity contribution is -0.131. The number of hydrogen-bond donors (Lipinski definition) is 3. The predicted molar refractivity (Wildman–Crippen MR) is 169 cm³/mol. The van der Waals surface area contributed by atoms with Crippen molar-refractivity contribution in [2.45, 2.75) is 91.4 Å². The highest BCUT2D eigenvalue weighted by atomic mass is 19.1. The van der Waals surface area contributed by atoms with E-state index in [2.05, 4.69) is 5.32 Å². The van der Waals surface area contributed by atoms with Gasteiger partial charge in [-0.25, -0.2) is 4.39 Å². The van der Waals surface area contributed by atoms with E-state index in [9.17, 15) is 24.2 Å². The van der Waals surface area contributed by atoms with E-state index >= 15 is 0 Å². The van der Waals surface area contributed by atoms with Crippen LogP contribution in [0.15, 0.2) is 47.4 Å². The minimum Gasteiger partial charge on any atom is -0.490 e. The zero-order chi connectivity index (χ0) is 32.4. The van der Waals surface area contributed by atoms with Gasteiger partial charge in [0.25, 0.3) is 5.56 Å². The number of pyridine rings is 1. The molecule has 1 aromatic heterocycles. The van der Waals surface area contributed by atoms with Gasteiger partial charge in [0.15, 0.2) is 0 Å². The average Bonchev–Trinajstić information content (AvgIpc) is 2.93. The summed E-state index contributed by atoms with van der Waals surface area (Å²) in [5.41, 5.74) is 1.13. The molecular formula is C35H45FN2O6. The van der Waals surface area contributed by atoms with Gasteiger partial charge < -0.3 is 29.6 Å². The molecule has 0 radical (unpaired) electrons. The number of nitrogens with one attached hydrogen (secondary N) is 1. The lowest BCUT2D eigenvalue weighted by Crippen LogP contribution is -2.45. The summed E-state index contributed by atoms with van der Waals surface area (Å²) in [7, 11) is 1.66. The molecule has 2 aromatic carbocycles. The molecule has 9 heteroatoms. The van der Waals surface area contributed by atoms with Crippen molar-refractivity contribution >= 4 is 5.91 Å². The molecule has 3 N–H and O–H groups in total. The van der Waals surface area contributed by atoms with Gasteiger partial charge in [-0.05, 0) is 101 Å². The summed E-state index contributed by atoms with van der Waals surface area (Å²) in [5.74, 6) is 0.974. The van der Waals surface area contributed by atoms with E-state index in [0.29, 0.717) is 64.3 Å². The number of halogens is 1. The van der Waals surface area contributed by atoms with Gasteiger partial charge in [-0.15, -0.1) is 0 Å². The topological polar surface area (TPSA) is 110 Å². The van der Waals surface area contributed by atoms with Crippen molar-refractivity contribution in [3.8, 4) is 28.4 Å². The van der Waals surface area contributed by atoms with Gasteiger partial charge >= 0.3 is 0 Å². The van der Waals surface area contributed by atoms with Crippen LogP contribution in [-0.2, 0) is 17.4 Å². The second kappa shape index (κ2) is 13.1. The monoisotopic (exact) mass is 608 g/mol. The molecule has 0 spiro atoms. The molecule has 0 bridgehead atoms. The molecule has 238 valence electrons. The summed E-state index contributed by atoms with van der Waals surface area (Å²) >= 11 is 0. The van der Waals surface area contributed by atoms with Crippen LogP contribution >= 0.6 is 0 Å². The van der Waals surface area contributed by atoms with Crippen LogP contribution in [-0.4, -0.2) is 39.4 Å². The quantitative estimate of drug-likeness (QED) is 0.259. The standard InChI is InChI=1S/C35H45FN2O6/c1-21-16-24(36)17-22(2)32(21)44-29-13-8-23(35(5,6)42)18-27(29)28-20-38(7)31(40)19-30(28)43-26-11-9-25(10-12-26)37-33(41)34(3,4)14-15-39/h8,13,16-20,25-26,39,42H,9-12,14-15H2,1-7H3,(H,37,41)/t25-,26-. The number of aliphatic hydroxyl groups is 2. The number of hydrogen-bond acceptors (Lipinski definition) is 6. The lowest BCUT2D eigenvalue weighted by Gasteiger charge is -2.32. The van der Waals surface area contributed by atoms with E-state index in [1.54, 1.807) is 53.1 Å². The first-order chi connectivity index (χ1) is 20.6. The van der Waals surface area contributed by atoms with Gasteiger partial charge in [0.2, 0.25) is 5.91 Å². The first-order valence-corrected chi connectivity index (χ1v) is 15.2. The Morgan fingerprint density at radius 3 is 2.23 bits per heavy atom. The summed E-state index contributed by atoms with van der Waals surface area (Å²) in [5, 5.41) is 23.3. The molecule has 0 saturated heterocycles. The Kier molecular flexibility index (Phi) is 9.90. The van der Waals surface area contributed by atoms with E-state index in [-0.39, 0.29) is 36.0 Å². The summed E-state index contributed by atoms with van der Waals surface area (Å²) in [6.07, 6.45) is 4.72. The third kappa shape index (κ3) is 7.68. The molecule has 0 atom stereocenters. The molecule has 1 heterocycles. The van der Waals surface area contributed by atoms with Crippen LogP contribution in [0.3, 0.4) is 0 Å². The minimum absolute atomic E-state index is 0.00842. The molecule has 44 heavy (non-hydrogen) atoms. The molecular weight excluding hydrogens is 563 g/mol. The Bertz CT molecular complexity index is 1540. The number of rotatable bonds is 10. The molecule has 3 aromatic rings. The van der Waals surface area contributed by atoms with Crippen LogP contribution in [0.5, 0.6) is 17.2 Å².